The Labute approximate surface area is 80.5 Å². The number of benzene rings is 1. The first-order valence-corrected chi connectivity index (χ1v) is 4.35. The van der Waals surface area contributed by atoms with Crippen molar-refractivity contribution in [2.75, 3.05) is 0 Å². The molecule has 1 aromatic rings. The number of fused-ring (bicyclic) bond motifs is 1. The summed E-state index contributed by atoms with van der Waals surface area (Å²) in [6.45, 7) is 0. The van der Waals surface area contributed by atoms with Crippen LogP contribution in [0.1, 0.15) is 17.0 Å². The first kappa shape index (κ1) is 7.91. The van der Waals surface area contributed by atoms with Crippen molar-refractivity contribution < 1.29 is 0 Å². The number of nitriles is 1. The van der Waals surface area contributed by atoms with Gasteiger partial charge in [-0.1, -0.05) is 23.2 Å². The molecule has 0 saturated carbocycles. The lowest BCUT2D eigenvalue weighted by atomic mass is 9.79. The standard InChI is InChI=1S/C9H5Cl2N/c10-8-2-5-1-6(4-12)7(5)3-9(8)11/h2-3,6H,1H2. The average Bonchev–Trinajstić information content (AvgIpc) is 2.04. The Morgan fingerprint density at radius 2 is 2.00 bits per heavy atom. The van der Waals surface area contributed by atoms with Crippen molar-refractivity contribution in [2.45, 2.75) is 12.3 Å². The average molecular weight is 198 g/mol. The maximum absolute atomic E-state index is 8.67. The zero-order valence-electron chi connectivity index (χ0n) is 6.14. The molecular weight excluding hydrogens is 193 g/mol. The highest BCUT2D eigenvalue weighted by Crippen LogP contribution is 2.39. The first-order valence-electron chi connectivity index (χ1n) is 3.60. The highest BCUT2D eigenvalue weighted by molar-refractivity contribution is 6.42. The van der Waals surface area contributed by atoms with Gasteiger partial charge in [0.1, 0.15) is 0 Å². The second-order valence-corrected chi connectivity index (χ2v) is 3.67. The van der Waals surface area contributed by atoms with E-state index in [0.717, 1.165) is 17.5 Å². The molecule has 0 spiro atoms. The van der Waals surface area contributed by atoms with Crippen molar-refractivity contribution in [1.82, 2.24) is 0 Å². The van der Waals surface area contributed by atoms with Gasteiger partial charge in [0.25, 0.3) is 0 Å². The van der Waals surface area contributed by atoms with E-state index < -0.39 is 0 Å². The van der Waals surface area contributed by atoms with Crippen LogP contribution in [-0.2, 0) is 6.42 Å². The Kier molecular flexibility index (Phi) is 1.75. The largest absolute Gasteiger partial charge is 0.198 e. The van der Waals surface area contributed by atoms with Crippen LogP contribution in [0, 0.1) is 11.3 Å². The Balaban J connectivity index is 2.51. The second-order valence-electron chi connectivity index (χ2n) is 2.85. The third-order valence-electron chi connectivity index (χ3n) is 2.14. The Hall–Kier alpha value is -0.710. The number of hydrogen-bond acceptors (Lipinski definition) is 1. The predicted molar refractivity (Wildman–Crippen MR) is 48.5 cm³/mol. The lowest BCUT2D eigenvalue weighted by Crippen LogP contribution is -2.15. The molecule has 0 amide bonds. The number of hydrogen-bond donors (Lipinski definition) is 0. The molecule has 0 radical (unpaired) electrons. The molecule has 0 aliphatic heterocycles. The van der Waals surface area contributed by atoms with E-state index in [1.54, 1.807) is 6.07 Å². The second kappa shape index (κ2) is 2.65. The van der Waals surface area contributed by atoms with Gasteiger partial charge in [0.05, 0.1) is 22.0 Å². The van der Waals surface area contributed by atoms with E-state index in [9.17, 15) is 0 Å². The maximum Gasteiger partial charge on any atom is 0.0756 e. The third kappa shape index (κ3) is 0.998. The van der Waals surface area contributed by atoms with E-state index in [1.165, 1.54) is 0 Å². The van der Waals surface area contributed by atoms with E-state index in [4.69, 9.17) is 28.5 Å². The summed E-state index contributed by atoms with van der Waals surface area (Å²) >= 11 is 11.6. The number of halogens is 2. The maximum atomic E-state index is 8.67. The smallest absolute Gasteiger partial charge is 0.0756 e. The zero-order chi connectivity index (χ0) is 8.72. The lowest BCUT2D eigenvalue weighted by molar-refractivity contribution is 0.745. The molecule has 1 nitrogen and oxygen atoms in total. The van der Waals surface area contributed by atoms with Gasteiger partial charge in [0.15, 0.2) is 0 Å². The van der Waals surface area contributed by atoms with Gasteiger partial charge in [-0.3, -0.25) is 0 Å². The molecule has 0 N–H and O–H groups in total. The summed E-state index contributed by atoms with van der Waals surface area (Å²) in [4.78, 5) is 0. The molecule has 1 aliphatic carbocycles. The highest BCUT2D eigenvalue weighted by Gasteiger charge is 2.26. The molecule has 1 atom stereocenters. The van der Waals surface area contributed by atoms with E-state index in [0.29, 0.717) is 10.0 Å². The molecule has 0 heterocycles. The van der Waals surface area contributed by atoms with Crippen LogP contribution in [0.25, 0.3) is 0 Å². The van der Waals surface area contributed by atoms with Crippen LogP contribution < -0.4 is 0 Å². The van der Waals surface area contributed by atoms with Crippen molar-refractivity contribution in [3.8, 4) is 6.07 Å². The van der Waals surface area contributed by atoms with Crippen molar-refractivity contribution in [3.05, 3.63) is 33.3 Å². The molecule has 0 aromatic heterocycles. The minimum atomic E-state index is 0.0229. The van der Waals surface area contributed by atoms with Gasteiger partial charge in [-0.25, -0.2) is 0 Å². The molecule has 0 fully saturated rings. The topological polar surface area (TPSA) is 23.8 Å². The molecule has 1 aromatic carbocycles. The van der Waals surface area contributed by atoms with Crippen molar-refractivity contribution >= 4 is 23.2 Å². The summed E-state index contributed by atoms with van der Waals surface area (Å²) in [5.41, 5.74) is 2.18. The summed E-state index contributed by atoms with van der Waals surface area (Å²) in [6, 6.07) is 5.83. The molecule has 3 heteroatoms. The van der Waals surface area contributed by atoms with E-state index >= 15 is 0 Å². The molecule has 2 rings (SSSR count). The molecule has 0 bridgehead atoms. The molecule has 12 heavy (non-hydrogen) atoms. The SMILES string of the molecule is N#CC1Cc2cc(Cl)c(Cl)cc21. The normalized spacial score (nSPS) is 19.2. The fourth-order valence-corrected chi connectivity index (χ4v) is 1.78. The van der Waals surface area contributed by atoms with Gasteiger partial charge in [0.2, 0.25) is 0 Å². The van der Waals surface area contributed by atoms with Crippen LogP contribution in [0.5, 0.6) is 0 Å². The summed E-state index contributed by atoms with van der Waals surface area (Å²) in [5, 5.41) is 9.78. The number of nitrogens with zero attached hydrogens (tertiary/aromatic N) is 1. The van der Waals surface area contributed by atoms with Crippen molar-refractivity contribution in [2.24, 2.45) is 0 Å². The van der Waals surface area contributed by atoms with Crippen molar-refractivity contribution in [3.63, 3.8) is 0 Å². The molecule has 0 saturated heterocycles. The molecule has 1 aliphatic rings. The van der Waals surface area contributed by atoms with E-state index in [1.807, 2.05) is 6.07 Å². The highest BCUT2D eigenvalue weighted by atomic mass is 35.5. The quantitative estimate of drug-likeness (QED) is 0.628. The molecular formula is C9H5Cl2N. The monoisotopic (exact) mass is 197 g/mol. The van der Waals surface area contributed by atoms with E-state index in [2.05, 4.69) is 6.07 Å². The minimum absolute atomic E-state index is 0.0229. The molecule has 60 valence electrons. The summed E-state index contributed by atoms with van der Waals surface area (Å²) in [7, 11) is 0. The lowest BCUT2D eigenvalue weighted by Gasteiger charge is -2.24. The van der Waals surface area contributed by atoms with Gasteiger partial charge in [-0.05, 0) is 29.7 Å². The molecule has 1 unspecified atom stereocenters. The Morgan fingerprint density at radius 3 is 2.67 bits per heavy atom. The fourth-order valence-electron chi connectivity index (χ4n) is 1.42. The predicted octanol–water partition coefficient (Wildman–Crippen LogP) is 3.16. The van der Waals surface area contributed by atoms with E-state index in [-0.39, 0.29) is 5.92 Å². The van der Waals surface area contributed by atoms with Gasteiger partial charge in [-0.2, -0.15) is 5.26 Å². The van der Waals surface area contributed by atoms with Crippen LogP contribution in [0.15, 0.2) is 12.1 Å². The van der Waals surface area contributed by atoms with Crippen LogP contribution >= 0.6 is 23.2 Å². The van der Waals surface area contributed by atoms with Gasteiger partial charge < -0.3 is 0 Å². The van der Waals surface area contributed by atoms with Gasteiger partial charge in [-0.15, -0.1) is 0 Å². The Morgan fingerprint density at radius 1 is 1.33 bits per heavy atom. The van der Waals surface area contributed by atoms with Gasteiger partial charge >= 0.3 is 0 Å². The van der Waals surface area contributed by atoms with Crippen LogP contribution in [-0.4, -0.2) is 0 Å². The number of rotatable bonds is 0. The summed E-state index contributed by atoms with van der Waals surface area (Å²) in [6.07, 6.45) is 0.808. The Bertz CT molecular complexity index is 379. The summed E-state index contributed by atoms with van der Waals surface area (Å²) in [5.74, 6) is 0.0229. The minimum Gasteiger partial charge on any atom is -0.198 e. The van der Waals surface area contributed by atoms with Crippen LogP contribution in [0.4, 0.5) is 0 Å². The zero-order valence-corrected chi connectivity index (χ0v) is 7.65. The van der Waals surface area contributed by atoms with Crippen molar-refractivity contribution in [1.29, 1.82) is 5.26 Å². The first-order chi connectivity index (χ1) is 5.72. The van der Waals surface area contributed by atoms with Crippen LogP contribution in [0.2, 0.25) is 10.0 Å². The van der Waals surface area contributed by atoms with Gasteiger partial charge in [0, 0.05) is 0 Å². The summed E-state index contributed by atoms with van der Waals surface area (Å²) < 4.78 is 0. The third-order valence-corrected chi connectivity index (χ3v) is 2.86. The van der Waals surface area contributed by atoms with Crippen LogP contribution in [0.3, 0.4) is 0 Å². The fraction of sp³-hybridized carbons (Fsp3) is 0.222.